The van der Waals surface area contributed by atoms with E-state index in [0.717, 1.165) is 6.08 Å². The van der Waals surface area contributed by atoms with Crippen LogP contribution in [0, 0.1) is 0 Å². The predicted molar refractivity (Wildman–Crippen MR) is 69.2 cm³/mol. The van der Waals surface area contributed by atoms with Gasteiger partial charge in [0.1, 0.15) is 11.3 Å². The summed E-state index contributed by atoms with van der Waals surface area (Å²) in [7, 11) is 0. The number of benzene rings is 1. The second-order valence-corrected chi connectivity index (χ2v) is 4.26. The van der Waals surface area contributed by atoms with Crippen LogP contribution in [0.25, 0.3) is 6.08 Å². The van der Waals surface area contributed by atoms with Crippen molar-refractivity contribution in [1.29, 1.82) is 0 Å². The monoisotopic (exact) mass is 310 g/mol. The molecule has 0 amide bonds. The van der Waals surface area contributed by atoms with Crippen molar-refractivity contribution >= 4 is 35.2 Å². The highest BCUT2D eigenvalue weighted by atomic mass is 35.5. The van der Waals surface area contributed by atoms with Crippen LogP contribution in [0.2, 0.25) is 10.0 Å². The van der Waals surface area contributed by atoms with Crippen molar-refractivity contribution in [3.05, 3.63) is 33.3 Å². The molecule has 0 bridgehead atoms. The van der Waals surface area contributed by atoms with Crippen LogP contribution in [-0.2, 0) is 4.79 Å². The number of carboxylic acids is 1. The summed E-state index contributed by atoms with van der Waals surface area (Å²) in [4.78, 5) is 10.7. The lowest BCUT2D eigenvalue weighted by molar-refractivity contribution is -0.134. The van der Waals surface area contributed by atoms with Crippen LogP contribution in [0.4, 0.5) is 8.78 Å². The van der Waals surface area contributed by atoms with E-state index in [0.29, 0.717) is 10.6 Å². The largest absolute Gasteiger partial charge is 0.478 e. The van der Waals surface area contributed by atoms with Gasteiger partial charge in [-0.3, -0.25) is 4.39 Å². The first-order chi connectivity index (χ1) is 8.90. The maximum Gasteiger partial charge on any atom is 0.338 e. The molecule has 1 heterocycles. The molecule has 1 aromatic carbocycles. The number of halogens is 4. The molecular weight excluding hydrogens is 301 g/mol. The quantitative estimate of drug-likeness (QED) is 0.848. The second-order valence-electron chi connectivity index (χ2n) is 3.41. The van der Waals surface area contributed by atoms with Gasteiger partial charge >= 0.3 is 5.97 Å². The molecule has 2 rings (SSSR count). The third-order valence-electron chi connectivity index (χ3n) is 2.06. The summed E-state index contributed by atoms with van der Waals surface area (Å²) < 4.78 is 28.4. The first-order valence-corrected chi connectivity index (χ1v) is 5.96. The SMILES string of the molecule is CCF.O=C(O)C1=Cc2cc(Cl)cc(Cl)c2OC1F. The van der Waals surface area contributed by atoms with E-state index in [1.807, 2.05) is 0 Å². The zero-order chi connectivity index (χ0) is 14.6. The van der Waals surface area contributed by atoms with Gasteiger partial charge in [-0.2, -0.15) is 4.39 Å². The van der Waals surface area contributed by atoms with Crippen LogP contribution in [0.15, 0.2) is 17.7 Å². The fourth-order valence-corrected chi connectivity index (χ4v) is 1.92. The van der Waals surface area contributed by atoms with E-state index >= 15 is 0 Å². The van der Waals surface area contributed by atoms with Crippen molar-refractivity contribution in [3.8, 4) is 5.75 Å². The fraction of sp³-hybridized carbons (Fsp3) is 0.250. The number of carbonyl (C=O) groups is 1. The van der Waals surface area contributed by atoms with Crippen LogP contribution >= 0.6 is 23.2 Å². The molecule has 3 nitrogen and oxygen atoms in total. The topological polar surface area (TPSA) is 46.5 Å². The van der Waals surface area contributed by atoms with Gasteiger partial charge in [0.2, 0.25) is 0 Å². The molecule has 1 atom stereocenters. The van der Waals surface area contributed by atoms with Crippen LogP contribution in [0.5, 0.6) is 5.75 Å². The average Bonchev–Trinajstić information content (AvgIpc) is 2.30. The molecule has 0 aliphatic carbocycles. The van der Waals surface area contributed by atoms with Gasteiger partial charge in [-0.05, 0) is 25.1 Å². The van der Waals surface area contributed by atoms with Gasteiger partial charge in [0.15, 0.2) is 0 Å². The molecule has 1 aliphatic rings. The first kappa shape index (κ1) is 15.7. The van der Waals surface area contributed by atoms with Crippen LogP contribution in [0.3, 0.4) is 0 Å². The normalized spacial score (nSPS) is 16.5. The Bertz CT molecular complexity index is 518. The fourth-order valence-electron chi connectivity index (χ4n) is 1.37. The number of ether oxygens (including phenoxy) is 1. The van der Waals surface area contributed by atoms with Gasteiger partial charge in [-0.25, -0.2) is 4.79 Å². The third-order valence-corrected chi connectivity index (χ3v) is 2.56. The van der Waals surface area contributed by atoms with Gasteiger partial charge in [0.25, 0.3) is 6.36 Å². The van der Waals surface area contributed by atoms with Crippen molar-refractivity contribution < 1.29 is 23.4 Å². The highest BCUT2D eigenvalue weighted by Crippen LogP contribution is 2.38. The summed E-state index contributed by atoms with van der Waals surface area (Å²) in [6.45, 7) is 1.21. The van der Waals surface area contributed by atoms with Crippen LogP contribution in [0.1, 0.15) is 12.5 Å². The van der Waals surface area contributed by atoms with E-state index in [-0.39, 0.29) is 17.4 Å². The Labute approximate surface area is 118 Å². The van der Waals surface area contributed by atoms with Gasteiger partial charge in [-0.1, -0.05) is 23.2 Å². The molecule has 0 radical (unpaired) electrons. The molecule has 19 heavy (non-hydrogen) atoms. The average molecular weight is 311 g/mol. The zero-order valence-electron chi connectivity index (χ0n) is 9.79. The maximum atomic E-state index is 13.3. The van der Waals surface area contributed by atoms with Crippen LogP contribution in [-0.4, -0.2) is 24.1 Å². The second kappa shape index (κ2) is 6.73. The van der Waals surface area contributed by atoms with Gasteiger partial charge in [0, 0.05) is 10.6 Å². The molecule has 0 saturated heterocycles. The number of alkyl halides is 2. The summed E-state index contributed by atoms with van der Waals surface area (Å²) >= 11 is 11.5. The van der Waals surface area contributed by atoms with E-state index in [9.17, 15) is 13.6 Å². The Morgan fingerprint density at radius 3 is 2.58 bits per heavy atom. The van der Waals surface area contributed by atoms with E-state index < -0.39 is 17.9 Å². The summed E-state index contributed by atoms with van der Waals surface area (Å²) in [5.74, 6) is -1.28. The summed E-state index contributed by atoms with van der Waals surface area (Å²) in [5.41, 5.74) is -0.130. The van der Waals surface area contributed by atoms with Crippen LogP contribution < -0.4 is 4.74 Å². The molecule has 1 unspecified atom stereocenters. The van der Waals surface area contributed by atoms with Gasteiger partial charge < -0.3 is 9.84 Å². The van der Waals surface area contributed by atoms with Crippen molar-refractivity contribution in [2.75, 3.05) is 6.67 Å². The molecule has 104 valence electrons. The molecule has 0 aromatic heterocycles. The summed E-state index contributed by atoms with van der Waals surface area (Å²) in [6, 6.07) is 2.85. The highest BCUT2D eigenvalue weighted by Gasteiger charge is 2.28. The molecule has 0 spiro atoms. The predicted octanol–water partition coefficient (Wildman–Crippen LogP) is 4.13. The molecule has 0 fully saturated rings. The lowest BCUT2D eigenvalue weighted by Crippen LogP contribution is -2.23. The van der Waals surface area contributed by atoms with E-state index in [1.54, 1.807) is 0 Å². The highest BCUT2D eigenvalue weighted by molar-refractivity contribution is 6.36. The van der Waals surface area contributed by atoms with Crippen molar-refractivity contribution in [3.63, 3.8) is 0 Å². The molecular formula is C12H10Cl2F2O3. The number of rotatable bonds is 1. The smallest absolute Gasteiger partial charge is 0.338 e. The van der Waals surface area contributed by atoms with Crippen molar-refractivity contribution in [1.82, 2.24) is 0 Å². The van der Waals surface area contributed by atoms with Gasteiger partial charge in [-0.15, -0.1) is 0 Å². The van der Waals surface area contributed by atoms with Crippen molar-refractivity contribution in [2.45, 2.75) is 13.3 Å². The molecule has 1 aliphatic heterocycles. The lowest BCUT2D eigenvalue weighted by Gasteiger charge is -2.20. The number of carboxylic acid groups (broad SMARTS) is 1. The molecule has 1 N–H and O–H groups in total. The van der Waals surface area contributed by atoms with E-state index in [4.69, 9.17) is 33.0 Å². The number of aliphatic carboxylic acids is 1. The Morgan fingerprint density at radius 2 is 2.05 bits per heavy atom. The first-order valence-electron chi connectivity index (χ1n) is 5.21. The maximum absolute atomic E-state index is 13.3. The van der Waals surface area contributed by atoms with Gasteiger partial charge in [0.05, 0.1) is 11.7 Å². The van der Waals surface area contributed by atoms with Crippen molar-refractivity contribution in [2.24, 2.45) is 0 Å². The Balaban J connectivity index is 0.000000550. The van der Waals surface area contributed by atoms with E-state index in [1.165, 1.54) is 19.1 Å². The molecule has 7 heteroatoms. The lowest BCUT2D eigenvalue weighted by atomic mass is 10.1. The minimum absolute atomic E-state index is 0.101. The Morgan fingerprint density at radius 1 is 1.47 bits per heavy atom. The molecule has 1 aromatic rings. The Hall–Kier alpha value is -1.33. The minimum atomic E-state index is -2.02. The zero-order valence-corrected chi connectivity index (χ0v) is 11.3. The standard InChI is InChI=1S/C10H5Cl2FO3.C2H5F/c11-5-1-4-2-6(10(14)15)9(13)16-8(4)7(12)3-5;1-2-3/h1-3,9H,(H,14,15);2H2,1H3. The molecule has 0 saturated carbocycles. The Kier molecular flexibility index (Phi) is 5.57. The number of fused-ring (bicyclic) bond motifs is 1. The summed E-state index contributed by atoms with van der Waals surface area (Å²) in [6.07, 6.45) is -0.868. The minimum Gasteiger partial charge on any atom is -0.478 e. The number of hydrogen-bond donors (Lipinski definition) is 1. The summed E-state index contributed by atoms with van der Waals surface area (Å²) in [5, 5.41) is 9.19. The third kappa shape index (κ3) is 3.81. The number of hydrogen-bond acceptors (Lipinski definition) is 2. The van der Waals surface area contributed by atoms with E-state index in [2.05, 4.69) is 0 Å².